The Hall–Kier alpha value is -2.24. The minimum absolute atomic E-state index is 0.0986. The Balaban J connectivity index is 1.30. The first kappa shape index (κ1) is 17.2. The number of piperazine rings is 1. The van der Waals surface area contributed by atoms with Crippen molar-refractivity contribution in [2.75, 3.05) is 51.3 Å². The van der Waals surface area contributed by atoms with E-state index in [0.29, 0.717) is 13.2 Å². The molecular formula is C21H26N2O3. The van der Waals surface area contributed by atoms with Crippen LogP contribution >= 0.6 is 0 Å². The molecule has 1 fully saturated rings. The van der Waals surface area contributed by atoms with E-state index in [0.717, 1.165) is 44.2 Å². The van der Waals surface area contributed by atoms with E-state index in [4.69, 9.17) is 14.2 Å². The molecule has 2 aliphatic heterocycles. The lowest BCUT2D eigenvalue weighted by atomic mass is 10.1. The summed E-state index contributed by atoms with van der Waals surface area (Å²) in [6, 6.07) is 16.5. The Morgan fingerprint density at radius 3 is 2.62 bits per heavy atom. The number of methoxy groups -OCH3 is 1. The standard InChI is InChI=1S/C21H26N2O3/c1-24-15-17-5-4-6-18(13-17)23-11-9-22(10-12-23)14-19-16-25-20-7-2-3-8-21(20)26-19/h2-8,13,19H,9-12,14-16H2,1H3/t19-/m0/s1/i1-1. The predicted octanol–water partition coefficient (Wildman–Crippen LogP) is 2.80. The lowest BCUT2D eigenvalue weighted by Gasteiger charge is -2.38. The highest BCUT2D eigenvalue weighted by Gasteiger charge is 2.25. The molecule has 5 heteroatoms. The van der Waals surface area contributed by atoms with Crippen molar-refractivity contribution in [1.82, 2.24) is 4.90 Å². The second kappa shape index (κ2) is 7.98. The van der Waals surface area contributed by atoms with Crippen LogP contribution in [0.4, 0.5) is 5.69 Å². The van der Waals surface area contributed by atoms with E-state index in [-0.39, 0.29) is 6.10 Å². The summed E-state index contributed by atoms with van der Waals surface area (Å²) in [7, 11) is 1.74. The molecule has 1 atom stereocenters. The SMILES string of the molecule is [11CH3]OCc1cccc(N2CCN(C[C@H]3COc4ccccc4O3)CC2)c1. The molecule has 0 radical (unpaired) electrons. The average Bonchev–Trinajstić information content (AvgIpc) is 2.69. The third-order valence-electron chi connectivity index (χ3n) is 4.99. The van der Waals surface area contributed by atoms with Crippen molar-refractivity contribution in [3.63, 3.8) is 0 Å². The highest BCUT2D eigenvalue weighted by Crippen LogP contribution is 2.31. The molecule has 0 aliphatic carbocycles. The number of hydrogen-bond donors (Lipinski definition) is 0. The molecule has 2 aliphatic rings. The number of anilines is 1. The van der Waals surface area contributed by atoms with Gasteiger partial charge in [0.15, 0.2) is 11.5 Å². The minimum atomic E-state index is 0.0986. The summed E-state index contributed by atoms with van der Waals surface area (Å²) < 4.78 is 17.2. The van der Waals surface area contributed by atoms with E-state index in [2.05, 4.69) is 34.1 Å². The van der Waals surface area contributed by atoms with Gasteiger partial charge in [0, 0.05) is 45.5 Å². The molecule has 0 N–H and O–H groups in total. The Morgan fingerprint density at radius 1 is 1.00 bits per heavy atom. The second-order valence-electron chi connectivity index (χ2n) is 6.89. The van der Waals surface area contributed by atoms with Crippen LogP contribution in [0.15, 0.2) is 48.5 Å². The first-order chi connectivity index (χ1) is 12.8. The van der Waals surface area contributed by atoms with Crippen molar-refractivity contribution in [3.05, 3.63) is 54.1 Å². The number of para-hydroxylation sites is 2. The molecule has 0 amide bonds. The van der Waals surface area contributed by atoms with Crippen molar-refractivity contribution < 1.29 is 14.2 Å². The van der Waals surface area contributed by atoms with E-state index in [9.17, 15) is 0 Å². The van der Waals surface area contributed by atoms with Crippen LogP contribution < -0.4 is 14.4 Å². The molecule has 0 aromatic heterocycles. The molecule has 2 heterocycles. The Bertz CT molecular complexity index is 729. The van der Waals surface area contributed by atoms with Crippen molar-refractivity contribution >= 4 is 5.69 Å². The molecule has 5 nitrogen and oxygen atoms in total. The van der Waals surface area contributed by atoms with Gasteiger partial charge in [-0.3, -0.25) is 4.90 Å². The topological polar surface area (TPSA) is 34.2 Å². The minimum Gasteiger partial charge on any atom is -0.486 e. The highest BCUT2D eigenvalue weighted by atomic mass is 16.6. The average molecular weight is 353 g/mol. The molecular weight excluding hydrogens is 327 g/mol. The van der Waals surface area contributed by atoms with Crippen molar-refractivity contribution in [1.29, 1.82) is 0 Å². The summed E-state index contributed by atoms with van der Waals surface area (Å²) in [5, 5.41) is 0. The lowest BCUT2D eigenvalue weighted by molar-refractivity contribution is 0.0571. The third-order valence-corrected chi connectivity index (χ3v) is 4.99. The smallest absolute Gasteiger partial charge is 0.161 e. The van der Waals surface area contributed by atoms with Gasteiger partial charge >= 0.3 is 0 Å². The first-order valence-corrected chi connectivity index (χ1v) is 9.25. The summed E-state index contributed by atoms with van der Waals surface area (Å²) >= 11 is 0. The van der Waals surface area contributed by atoms with Crippen molar-refractivity contribution in [3.8, 4) is 11.5 Å². The zero-order valence-corrected chi connectivity index (χ0v) is 15.3. The van der Waals surface area contributed by atoms with Gasteiger partial charge in [-0.25, -0.2) is 0 Å². The van der Waals surface area contributed by atoms with Gasteiger partial charge in [-0.05, 0) is 29.8 Å². The fraction of sp³-hybridized carbons (Fsp3) is 0.429. The molecule has 0 bridgehead atoms. The van der Waals surface area contributed by atoms with Gasteiger partial charge in [0.05, 0.1) is 6.61 Å². The van der Waals surface area contributed by atoms with Gasteiger partial charge < -0.3 is 19.1 Å². The number of ether oxygens (including phenoxy) is 3. The molecule has 138 valence electrons. The third kappa shape index (κ3) is 3.94. The van der Waals surface area contributed by atoms with Crippen LogP contribution in [0.3, 0.4) is 0 Å². The molecule has 1 saturated heterocycles. The van der Waals surface area contributed by atoms with E-state index in [1.165, 1.54) is 11.3 Å². The molecule has 0 spiro atoms. The summed E-state index contributed by atoms with van der Waals surface area (Å²) in [5.41, 5.74) is 2.50. The van der Waals surface area contributed by atoms with Gasteiger partial charge in [0.1, 0.15) is 12.7 Å². The van der Waals surface area contributed by atoms with Gasteiger partial charge in [-0.1, -0.05) is 24.3 Å². The fourth-order valence-electron chi connectivity index (χ4n) is 3.64. The Labute approximate surface area is 155 Å². The molecule has 2 aromatic rings. The molecule has 2 aromatic carbocycles. The van der Waals surface area contributed by atoms with Gasteiger partial charge in [-0.15, -0.1) is 0 Å². The molecule has 0 unspecified atom stereocenters. The number of benzene rings is 2. The van der Waals surface area contributed by atoms with Crippen LogP contribution in [0.1, 0.15) is 5.56 Å². The Morgan fingerprint density at radius 2 is 1.81 bits per heavy atom. The zero-order chi connectivity index (χ0) is 17.8. The van der Waals surface area contributed by atoms with Gasteiger partial charge in [0.25, 0.3) is 0 Å². The van der Waals surface area contributed by atoms with Gasteiger partial charge in [0.2, 0.25) is 0 Å². The summed E-state index contributed by atoms with van der Waals surface area (Å²) in [6.07, 6.45) is 0.0986. The van der Waals surface area contributed by atoms with Crippen molar-refractivity contribution in [2.24, 2.45) is 0 Å². The quantitative estimate of drug-likeness (QED) is 0.826. The maximum Gasteiger partial charge on any atom is 0.161 e. The largest absolute Gasteiger partial charge is 0.486 e. The number of hydrogen-bond acceptors (Lipinski definition) is 5. The summed E-state index contributed by atoms with van der Waals surface area (Å²) in [5.74, 6) is 1.71. The summed E-state index contributed by atoms with van der Waals surface area (Å²) in [6.45, 7) is 6.32. The van der Waals surface area contributed by atoms with Crippen LogP contribution in [0.25, 0.3) is 0 Å². The van der Waals surface area contributed by atoms with Crippen molar-refractivity contribution in [2.45, 2.75) is 12.7 Å². The van der Waals surface area contributed by atoms with Crippen LogP contribution in [-0.2, 0) is 11.3 Å². The zero-order valence-electron chi connectivity index (χ0n) is 15.3. The molecule has 4 rings (SSSR count). The maximum atomic E-state index is 6.09. The maximum absolute atomic E-state index is 6.09. The van der Waals surface area contributed by atoms with E-state index < -0.39 is 0 Å². The molecule has 26 heavy (non-hydrogen) atoms. The number of fused-ring (bicyclic) bond motifs is 1. The van der Waals surface area contributed by atoms with E-state index in [1.807, 2.05) is 24.3 Å². The van der Waals surface area contributed by atoms with Crippen LogP contribution in [0, 0.1) is 0 Å². The predicted molar refractivity (Wildman–Crippen MR) is 102 cm³/mol. The number of nitrogens with zero attached hydrogens (tertiary/aromatic N) is 2. The molecule has 0 saturated carbocycles. The monoisotopic (exact) mass is 353 g/mol. The van der Waals surface area contributed by atoms with Crippen LogP contribution in [0.2, 0.25) is 0 Å². The normalized spacial score (nSPS) is 20.2. The van der Waals surface area contributed by atoms with E-state index in [1.54, 1.807) is 7.11 Å². The van der Waals surface area contributed by atoms with Crippen LogP contribution in [-0.4, -0.2) is 57.4 Å². The van der Waals surface area contributed by atoms with E-state index >= 15 is 0 Å². The van der Waals surface area contributed by atoms with Crippen LogP contribution in [0.5, 0.6) is 11.5 Å². The lowest BCUT2D eigenvalue weighted by Crippen LogP contribution is -2.50. The van der Waals surface area contributed by atoms with Gasteiger partial charge in [-0.2, -0.15) is 0 Å². The summed E-state index contributed by atoms with van der Waals surface area (Å²) in [4.78, 5) is 4.92. The second-order valence-corrected chi connectivity index (χ2v) is 6.89. The highest BCUT2D eigenvalue weighted by molar-refractivity contribution is 5.49. The fourth-order valence-corrected chi connectivity index (χ4v) is 3.64. The first-order valence-electron chi connectivity index (χ1n) is 9.25. The number of rotatable bonds is 5. The Kier molecular flexibility index (Phi) is 5.27.